The van der Waals surface area contributed by atoms with E-state index in [1.54, 1.807) is 0 Å². The Morgan fingerprint density at radius 3 is 0.790 bits per heavy atom. The fourth-order valence-corrected chi connectivity index (χ4v) is 8.57. The molecule has 0 spiro atoms. The van der Waals surface area contributed by atoms with Crippen LogP contribution in [-0.2, 0) is 28.6 Å². The Labute approximate surface area is 387 Å². The lowest BCUT2D eigenvalue weighted by atomic mass is 10.0. The van der Waals surface area contributed by atoms with Gasteiger partial charge in [0.1, 0.15) is 13.2 Å². The molecule has 0 saturated heterocycles. The van der Waals surface area contributed by atoms with Crippen LogP contribution in [0.2, 0.25) is 0 Å². The van der Waals surface area contributed by atoms with E-state index in [0.29, 0.717) is 19.3 Å². The normalized spacial score (nSPS) is 12.0. The maximum absolute atomic E-state index is 12.8. The van der Waals surface area contributed by atoms with E-state index in [9.17, 15) is 14.4 Å². The molecule has 62 heavy (non-hydrogen) atoms. The Balaban J connectivity index is 4.28. The number of unbranched alkanes of at least 4 members (excludes halogenated alkanes) is 38. The average molecular weight is 877 g/mol. The van der Waals surface area contributed by atoms with Crippen molar-refractivity contribution < 1.29 is 28.6 Å². The molecule has 0 bridgehead atoms. The SMILES string of the molecule is CCCCCCCCCCCCCCCCCCCCC(=O)O[C@H](COC(=O)CCCCCCCCCCCCCCCC)COC(=O)CCCCCCCCCCCC(C)C. The van der Waals surface area contributed by atoms with Crippen molar-refractivity contribution in [3.05, 3.63) is 0 Å². The molecule has 6 nitrogen and oxygen atoms in total. The van der Waals surface area contributed by atoms with Crippen molar-refractivity contribution in [2.45, 2.75) is 323 Å². The average Bonchev–Trinajstić information content (AvgIpc) is 3.26. The molecule has 0 aliphatic heterocycles. The number of esters is 3. The van der Waals surface area contributed by atoms with Gasteiger partial charge in [-0.1, -0.05) is 278 Å². The number of rotatable bonds is 51. The minimum absolute atomic E-state index is 0.0624. The molecule has 0 N–H and O–H groups in total. The lowest BCUT2D eigenvalue weighted by Crippen LogP contribution is -2.30. The van der Waals surface area contributed by atoms with Crippen molar-refractivity contribution in [2.75, 3.05) is 13.2 Å². The van der Waals surface area contributed by atoms with Crippen LogP contribution in [0.3, 0.4) is 0 Å². The van der Waals surface area contributed by atoms with E-state index in [-0.39, 0.29) is 31.1 Å². The Morgan fingerprint density at radius 2 is 0.532 bits per heavy atom. The number of carbonyl (C=O) groups excluding carboxylic acids is 3. The van der Waals surface area contributed by atoms with E-state index in [0.717, 1.165) is 63.7 Å². The van der Waals surface area contributed by atoms with Crippen LogP contribution in [0.5, 0.6) is 0 Å². The van der Waals surface area contributed by atoms with Gasteiger partial charge in [0.15, 0.2) is 6.10 Å². The summed E-state index contributed by atoms with van der Waals surface area (Å²) in [5.41, 5.74) is 0. The highest BCUT2D eigenvalue weighted by molar-refractivity contribution is 5.71. The Bertz CT molecular complexity index is 933. The van der Waals surface area contributed by atoms with E-state index in [1.165, 1.54) is 212 Å². The summed E-state index contributed by atoms with van der Waals surface area (Å²) in [6.45, 7) is 9.03. The third-order valence-electron chi connectivity index (χ3n) is 12.8. The van der Waals surface area contributed by atoms with Gasteiger partial charge < -0.3 is 14.2 Å². The van der Waals surface area contributed by atoms with Gasteiger partial charge in [-0.2, -0.15) is 0 Å². The first-order valence-electron chi connectivity index (χ1n) is 27.9. The number of hydrogen-bond acceptors (Lipinski definition) is 6. The first-order chi connectivity index (χ1) is 30.4. The highest BCUT2D eigenvalue weighted by Crippen LogP contribution is 2.18. The zero-order valence-electron chi connectivity index (χ0n) is 42.3. The van der Waals surface area contributed by atoms with Crippen LogP contribution >= 0.6 is 0 Å². The minimum Gasteiger partial charge on any atom is -0.462 e. The third-order valence-corrected chi connectivity index (χ3v) is 12.8. The largest absolute Gasteiger partial charge is 0.462 e. The van der Waals surface area contributed by atoms with E-state index >= 15 is 0 Å². The smallest absolute Gasteiger partial charge is 0.306 e. The van der Waals surface area contributed by atoms with Crippen LogP contribution in [0.1, 0.15) is 317 Å². The fourth-order valence-electron chi connectivity index (χ4n) is 8.57. The van der Waals surface area contributed by atoms with Crippen LogP contribution in [0.25, 0.3) is 0 Å². The molecule has 0 aliphatic rings. The quantitative estimate of drug-likeness (QED) is 0.0344. The van der Waals surface area contributed by atoms with Gasteiger partial charge in [0.2, 0.25) is 0 Å². The van der Waals surface area contributed by atoms with Crippen LogP contribution in [0, 0.1) is 5.92 Å². The highest BCUT2D eigenvalue weighted by atomic mass is 16.6. The van der Waals surface area contributed by atoms with Crippen molar-refractivity contribution in [2.24, 2.45) is 5.92 Å². The third kappa shape index (κ3) is 49.4. The van der Waals surface area contributed by atoms with Gasteiger partial charge in [-0.15, -0.1) is 0 Å². The predicted molar refractivity (Wildman–Crippen MR) is 266 cm³/mol. The second-order valence-electron chi connectivity index (χ2n) is 19.7. The van der Waals surface area contributed by atoms with Gasteiger partial charge in [-0.25, -0.2) is 0 Å². The summed E-state index contributed by atoms with van der Waals surface area (Å²) >= 11 is 0. The molecule has 0 aliphatic carbocycles. The van der Waals surface area contributed by atoms with Gasteiger partial charge in [0, 0.05) is 19.3 Å². The van der Waals surface area contributed by atoms with Gasteiger partial charge in [-0.3, -0.25) is 14.4 Å². The molecule has 0 amide bonds. The van der Waals surface area contributed by atoms with Gasteiger partial charge in [0.05, 0.1) is 0 Å². The van der Waals surface area contributed by atoms with E-state index < -0.39 is 6.10 Å². The Morgan fingerprint density at radius 1 is 0.306 bits per heavy atom. The molecular formula is C56H108O6. The van der Waals surface area contributed by atoms with E-state index in [4.69, 9.17) is 14.2 Å². The standard InChI is InChI=1S/C56H108O6/c1-5-7-9-11-13-15-17-19-21-22-23-24-26-28-32-37-41-45-49-56(59)62-53(51-61-55(58)48-44-40-36-33-29-30-34-38-42-46-52(3)4)50-60-54(57)47-43-39-35-31-27-25-20-18-16-14-12-10-8-6-2/h52-53H,5-51H2,1-4H3/t53-/m1/s1. The first kappa shape index (κ1) is 60.4. The molecule has 0 radical (unpaired) electrons. The topological polar surface area (TPSA) is 78.9 Å². The molecule has 0 aromatic heterocycles. The minimum atomic E-state index is -0.761. The zero-order chi connectivity index (χ0) is 45.2. The van der Waals surface area contributed by atoms with Gasteiger partial charge >= 0.3 is 17.9 Å². The molecule has 1 atom stereocenters. The van der Waals surface area contributed by atoms with E-state index in [1.807, 2.05) is 0 Å². The maximum Gasteiger partial charge on any atom is 0.306 e. The highest BCUT2D eigenvalue weighted by Gasteiger charge is 2.19. The van der Waals surface area contributed by atoms with Crippen LogP contribution in [0.15, 0.2) is 0 Å². The van der Waals surface area contributed by atoms with Crippen LogP contribution in [-0.4, -0.2) is 37.2 Å². The summed E-state index contributed by atoms with van der Waals surface area (Å²) in [6.07, 6.45) is 53.8. The molecular weight excluding hydrogens is 769 g/mol. The summed E-state index contributed by atoms with van der Waals surface area (Å²) in [5, 5.41) is 0. The Kier molecular flexibility index (Phi) is 49.1. The molecule has 0 aromatic rings. The van der Waals surface area contributed by atoms with Crippen LogP contribution < -0.4 is 0 Å². The van der Waals surface area contributed by atoms with Crippen molar-refractivity contribution >= 4 is 17.9 Å². The number of hydrogen-bond donors (Lipinski definition) is 0. The van der Waals surface area contributed by atoms with Gasteiger partial charge in [0.25, 0.3) is 0 Å². The second kappa shape index (κ2) is 50.4. The summed E-state index contributed by atoms with van der Waals surface area (Å²) in [6, 6.07) is 0. The maximum atomic E-state index is 12.8. The number of carbonyl (C=O) groups is 3. The molecule has 368 valence electrons. The van der Waals surface area contributed by atoms with Crippen LogP contribution in [0.4, 0.5) is 0 Å². The molecule has 0 rings (SSSR count). The molecule has 0 unspecified atom stereocenters. The molecule has 0 heterocycles. The predicted octanol–water partition coefficient (Wildman–Crippen LogP) is 18.2. The summed E-state index contributed by atoms with van der Waals surface area (Å²) in [4.78, 5) is 38.0. The molecule has 0 aromatic carbocycles. The van der Waals surface area contributed by atoms with Crippen molar-refractivity contribution in [3.8, 4) is 0 Å². The monoisotopic (exact) mass is 877 g/mol. The van der Waals surface area contributed by atoms with Crippen molar-refractivity contribution in [3.63, 3.8) is 0 Å². The van der Waals surface area contributed by atoms with Gasteiger partial charge in [-0.05, 0) is 25.2 Å². The van der Waals surface area contributed by atoms with Crippen molar-refractivity contribution in [1.82, 2.24) is 0 Å². The molecule has 6 heteroatoms. The zero-order valence-corrected chi connectivity index (χ0v) is 42.3. The summed E-state index contributed by atoms with van der Waals surface area (Å²) in [7, 11) is 0. The number of ether oxygens (including phenoxy) is 3. The van der Waals surface area contributed by atoms with E-state index in [2.05, 4.69) is 27.7 Å². The summed E-state index contributed by atoms with van der Waals surface area (Å²) in [5.74, 6) is -0.0313. The molecule has 0 fully saturated rings. The van der Waals surface area contributed by atoms with Crippen molar-refractivity contribution in [1.29, 1.82) is 0 Å². The summed E-state index contributed by atoms with van der Waals surface area (Å²) < 4.78 is 16.9. The lowest BCUT2D eigenvalue weighted by Gasteiger charge is -2.18. The Hall–Kier alpha value is -1.59. The lowest BCUT2D eigenvalue weighted by molar-refractivity contribution is -0.167. The first-order valence-corrected chi connectivity index (χ1v) is 27.9. The fraction of sp³-hybridized carbons (Fsp3) is 0.946. The molecule has 0 saturated carbocycles. The second-order valence-corrected chi connectivity index (χ2v) is 19.7.